The van der Waals surface area contributed by atoms with Crippen molar-refractivity contribution in [2.24, 2.45) is 0 Å². The van der Waals surface area contributed by atoms with Crippen LogP contribution in [0.2, 0.25) is 5.02 Å². The topological polar surface area (TPSA) is 84.4 Å². The highest BCUT2D eigenvalue weighted by Crippen LogP contribution is 2.29. The Balaban J connectivity index is 1.70. The zero-order valence-electron chi connectivity index (χ0n) is 12.9. The van der Waals surface area contributed by atoms with Crippen LogP contribution >= 0.6 is 11.6 Å². The Morgan fingerprint density at radius 2 is 2.08 bits per heavy atom. The molecule has 2 aromatic rings. The average molecular weight is 347 g/mol. The van der Waals surface area contributed by atoms with E-state index in [9.17, 15) is 9.59 Å². The van der Waals surface area contributed by atoms with E-state index in [0.717, 1.165) is 0 Å². The van der Waals surface area contributed by atoms with Crippen molar-refractivity contribution in [2.45, 2.75) is 12.5 Å². The van der Waals surface area contributed by atoms with E-state index in [1.54, 1.807) is 17.0 Å². The smallest absolute Gasteiger partial charge is 0.358 e. The lowest BCUT2D eigenvalue weighted by atomic mass is 10.2. The van der Waals surface area contributed by atoms with E-state index in [2.05, 4.69) is 20.3 Å². The number of nitrogens with one attached hydrogen (secondary N) is 1. The second kappa shape index (κ2) is 6.84. The highest BCUT2D eigenvalue weighted by atomic mass is 35.5. The first kappa shape index (κ1) is 16.2. The number of para-hydroxylation sites is 1. The first-order valence-corrected chi connectivity index (χ1v) is 7.72. The highest BCUT2D eigenvalue weighted by Gasteiger charge is 2.33. The summed E-state index contributed by atoms with van der Waals surface area (Å²) in [5, 5.41) is 11.2. The van der Waals surface area contributed by atoms with E-state index >= 15 is 0 Å². The van der Waals surface area contributed by atoms with Crippen LogP contribution in [0.15, 0.2) is 36.4 Å². The van der Waals surface area contributed by atoms with Crippen molar-refractivity contribution in [2.75, 3.05) is 23.9 Å². The summed E-state index contributed by atoms with van der Waals surface area (Å²) >= 11 is 6.16. The van der Waals surface area contributed by atoms with Crippen LogP contribution in [-0.4, -0.2) is 41.8 Å². The summed E-state index contributed by atoms with van der Waals surface area (Å²) < 4.78 is 4.57. The van der Waals surface area contributed by atoms with E-state index in [0.29, 0.717) is 29.5 Å². The molecule has 0 aliphatic carbocycles. The number of carbonyl (C=O) groups is 2. The molecule has 0 spiro atoms. The molecule has 0 radical (unpaired) electrons. The number of rotatable bonds is 4. The van der Waals surface area contributed by atoms with Gasteiger partial charge in [0.15, 0.2) is 5.69 Å². The summed E-state index contributed by atoms with van der Waals surface area (Å²) in [4.78, 5) is 25.6. The summed E-state index contributed by atoms with van der Waals surface area (Å²) in [5.41, 5.74) is 0.805. The van der Waals surface area contributed by atoms with Gasteiger partial charge in [-0.25, -0.2) is 4.79 Å². The number of halogens is 1. The zero-order chi connectivity index (χ0) is 17.1. The molecule has 3 rings (SSSR count). The van der Waals surface area contributed by atoms with Crippen molar-refractivity contribution >= 4 is 35.0 Å². The molecule has 124 valence electrons. The number of ether oxygens (including phenoxy) is 1. The van der Waals surface area contributed by atoms with Crippen molar-refractivity contribution in [1.82, 2.24) is 10.2 Å². The fourth-order valence-electron chi connectivity index (χ4n) is 2.52. The molecular formula is C16H15ClN4O3. The zero-order valence-corrected chi connectivity index (χ0v) is 13.7. The molecule has 1 atom stereocenters. The molecule has 0 bridgehead atoms. The molecule has 7 nitrogen and oxygen atoms in total. The van der Waals surface area contributed by atoms with Gasteiger partial charge in [-0.05, 0) is 30.7 Å². The van der Waals surface area contributed by atoms with Gasteiger partial charge >= 0.3 is 5.97 Å². The van der Waals surface area contributed by atoms with Gasteiger partial charge in [0.25, 0.3) is 0 Å². The summed E-state index contributed by atoms with van der Waals surface area (Å²) in [5.74, 6) is -0.222. The number of anilines is 2. The predicted octanol–water partition coefficient (Wildman–Crippen LogP) is 2.13. The molecule has 8 heteroatoms. The van der Waals surface area contributed by atoms with Gasteiger partial charge in [-0.15, -0.1) is 10.2 Å². The fourth-order valence-corrected chi connectivity index (χ4v) is 2.76. The molecule has 0 saturated carbocycles. The third kappa shape index (κ3) is 3.16. The monoisotopic (exact) mass is 346 g/mol. The normalized spacial score (nSPS) is 17.0. The van der Waals surface area contributed by atoms with Crippen LogP contribution in [0.25, 0.3) is 0 Å². The second-order valence-corrected chi connectivity index (χ2v) is 5.63. The Labute approximate surface area is 143 Å². The van der Waals surface area contributed by atoms with Crippen LogP contribution < -0.4 is 10.2 Å². The number of nitrogens with zero attached hydrogens (tertiary/aromatic N) is 3. The van der Waals surface area contributed by atoms with Crippen molar-refractivity contribution < 1.29 is 14.3 Å². The SMILES string of the molecule is COC(=O)c1ccc(N[C@H]2CCN(c3ccccc3Cl)C2=O)nn1. The van der Waals surface area contributed by atoms with Crippen LogP contribution in [0.5, 0.6) is 0 Å². The molecule has 1 amide bonds. The first-order chi connectivity index (χ1) is 11.6. The maximum atomic E-state index is 12.6. The Kier molecular flexibility index (Phi) is 4.61. The van der Waals surface area contributed by atoms with Gasteiger partial charge in [0.2, 0.25) is 5.91 Å². The molecule has 2 heterocycles. The van der Waals surface area contributed by atoms with Gasteiger partial charge < -0.3 is 15.0 Å². The number of aromatic nitrogens is 2. The number of amides is 1. The number of hydrogen-bond donors (Lipinski definition) is 1. The maximum Gasteiger partial charge on any atom is 0.358 e. The average Bonchev–Trinajstić information content (AvgIpc) is 2.96. The molecule has 0 unspecified atom stereocenters. The number of esters is 1. The Morgan fingerprint density at radius 1 is 1.29 bits per heavy atom. The molecular weight excluding hydrogens is 332 g/mol. The maximum absolute atomic E-state index is 12.6. The van der Waals surface area contributed by atoms with Crippen LogP contribution in [0, 0.1) is 0 Å². The minimum absolute atomic E-state index is 0.0815. The van der Waals surface area contributed by atoms with Crippen molar-refractivity contribution in [1.29, 1.82) is 0 Å². The predicted molar refractivity (Wildman–Crippen MR) is 89.2 cm³/mol. The van der Waals surface area contributed by atoms with Crippen molar-refractivity contribution in [3.63, 3.8) is 0 Å². The molecule has 1 aliphatic heterocycles. The van der Waals surface area contributed by atoms with Crippen LogP contribution in [-0.2, 0) is 9.53 Å². The largest absolute Gasteiger partial charge is 0.464 e. The minimum Gasteiger partial charge on any atom is -0.464 e. The lowest BCUT2D eigenvalue weighted by Gasteiger charge is -2.18. The number of hydrogen-bond acceptors (Lipinski definition) is 6. The van der Waals surface area contributed by atoms with Gasteiger partial charge in [0, 0.05) is 6.54 Å². The standard InChI is InChI=1S/C16H15ClN4O3/c1-24-16(23)12-6-7-14(20-19-12)18-11-8-9-21(15(11)22)13-5-3-2-4-10(13)17/h2-7,11H,8-9H2,1H3,(H,18,20)/t11-/m0/s1. The number of carbonyl (C=O) groups excluding carboxylic acids is 2. The van der Waals surface area contributed by atoms with Gasteiger partial charge in [0.05, 0.1) is 17.8 Å². The fraction of sp³-hybridized carbons (Fsp3) is 0.250. The molecule has 1 aromatic carbocycles. The van der Waals surface area contributed by atoms with Crippen molar-refractivity contribution in [3.8, 4) is 0 Å². The van der Waals surface area contributed by atoms with E-state index < -0.39 is 12.0 Å². The van der Waals surface area contributed by atoms with Crippen LogP contribution in [0.1, 0.15) is 16.9 Å². The van der Waals surface area contributed by atoms with Gasteiger partial charge in [-0.1, -0.05) is 23.7 Å². The number of methoxy groups -OCH3 is 1. The lowest BCUT2D eigenvalue weighted by molar-refractivity contribution is -0.117. The summed E-state index contributed by atoms with van der Waals surface area (Å²) in [6.07, 6.45) is 0.616. The summed E-state index contributed by atoms with van der Waals surface area (Å²) in [6, 6.07) is 9.89. The van der Waals surface area contributed by atoms with E-state index in [1.165, 1.54) is 13.2 Å². The Bertz CT molecular complexity index is 766. The van der Waals surface area contributed by atoms with E-state index in [-0.39, 0.29) is 11.6 Å². The molecule has 1 aromatic heterocycles. The third-order valence-corrected chi connectivity index (χ3v) is 4.05. The van der Waals surface area contributed by atoms with E-state index in [1.807, 2.05) is 18.2 Å². The quantitative estimate of drug-likeness (QED) is 0.854. The summed E-state index contributed by atoms with van der Waals surface area (Å²) in [7, 11) is 1.27. The Morgan fingerprint density at radius 3 is 2.75 bits per heavy atom. The summed E-state index contributed by atoms with van der Waals surface area (Å²) in [6.45, 7) is 0.563. The van der Waals surface area contributed by atoms with Gasteiger partial charge in [-0.2, -0.15) is 0 Å². The third-order valence-electron chi connectivity index (χ3n) is 3.73. The molecule has 24 heavy (non-hydrogen) atoms. The van der Waals surface area contributed by atoms with E-state index in [4.69, 9.17) is 11.6 Å². The van der Waals surface area contributed by atoms with Crippen LogP contribution in [0.3, 0.4) is 0 Å². The second-order valence-electron chi connectivity index (χ2n) is 5.22. The highest BCUT2D eigenvalue weighted by molar-refractivity contribution is 6.34. The van der Waals surface area contributed by atoms with Gasteiger partial charge in [-0.3, -0.25) is 4.79 Å². The number of benzene rings is 1. The lowest BCUT2D eigenvalue weighted by Crippen LogP contribution is -2.33. The molecule has 1 N–H and O–H groups in total. The minimum atomic E-state index is -0.559. The van der Waals surface area contributed by atoms with Crippen LogP contribution in [0.4, 0.5) is 11.5 Å². The van der Waals surface area contributed by atoms with Crippen molar-refractivity contribution in [3.05, 3.63) is 47.1 Å². The molecule has 1 saturated heterocycles. The molecule has 1 aliphatic rings. The Hall–Kier alpha value is -2.67. The first-order valence-electron chi connectivity index (χ1n) is 7.34. The van der Waals surface area contributed by atoms with Gasteiger partial charge in [0.1, 0.15) is 11.9 Å². The molecule has 1 fully saturated rings.